The number of hydrogen-bond acceptors (Lipinski definition) is 2. The number of aromatic nitrogens is 1. The number of nitrogens with zero attached hydrogens (tertiary/aromatic N) is 1. The normalized spacial score (nSPS) is 11.8. The van der Waals surface area contributed by atoms with Crippen LogP contribution in [-0.2, 0) is 12.1 Å². The average Bonchev–Trinajstić information content (AvgIpc) is 2.76. The predicted molar refractivity (Wildman–Crippen MR) is 62.1 cm³/mol. The molecule has 0 spiro atoms. The van der Waals surface area contributed by atoms with Gasteiger partial charge in [0, 0.05) is 10.9 Å². The van der Waals surface area contributed by atoms with Crippen molar-refractivity contribution in [2.24, 2.45) is 0 Å². The molecule has 0 unspecified atom stereocenters. The summed E-state index contributed by atoms with van der Waals surface area (Å²) in [5.74, 6) is -1.17. The van der Waals surface area contributed by atoms with E-state index in [-0.39, 0.29) is 16.5 Å². The Morgan fingerprint density at radius 1 is 1.28 bits per heavy atom. The molecule has 0 aliphatic carbocycles. The largest absolute Gasteiger partial charge is 0.419 e. The van der Waals surface area contributed by atoms with Gasteiger partial charge < -0.3 is 0 Å². The van der Waals surface area contributed by atoms with Crippen LogP contribution in [0, 0.1) is 5.82 Å². The molecule has 96 valence electrons. The highest BCUT2D eigenvalue weighted by atomic mass is 35.5. The van der Waals surface area contributed by atoms with Crippen molar-refractivity contribution in [2.45, 2.75) is 12.1 Å². The summed E-state index contributed by atoms with van der Waals surface area (Å²) in [6.07, 6.45) is -4.72. The molecule has 1 aromatic heterocycles. The molecule has 2 rings (SSSR count). The molecule has 1 nitrogen and oxygen atoms in total. The van der Waals surface area contributed by atoms with Gasteiger partial charge in [-0.1, -0.05) is 6.07 Å². The Kier molecular flexibility index (Phi) is 3.59. The molecule has 0 fully saturated rings. The van der Waals surface area contributed by atoms with Gasteiger partial charge in [0.2, 0.25) is 0 Å². The predicted octanol–water partition coefficient (Wildman–Crippen LogP) is 4.71. The fourth-order valence-electron chi connectivity index (χ4n) is 1.41. The highest BCUT2D eigenvalue weighted by molar-refractivity contribution is 7.13. The zero-order chi connectivity index (χ0) is 13.3. The van der Waals surface area contributed by atoms with Crippen molar-refractivity contribution in [2.75, 3.05) is 0 Å². The Balaban J connectivity index is 2.52. The van der Waals surface area contributed by atoms with Crippen LogP contribution in [0.1, 0.15) is 11.3 Å². The van der Waals surface area contributed by atoms with Crippen molar-refractivity contribution in [3.8, 4) is 10.6 Å². The van der Waals surface area contributed by atoms with E-state index in [1.165, 1.54) is 6.07 Å². The molecule has 7 heteroatoms. The van der Waals surface area contributed by atoms with Crippen molar-refractivity contribution in [3.63, 3.8) is 0 Å². The molecule has 1 heterocycles. The minimum atomic E-state index is -4.72. The number of rotatable bonds is 2. The second-order valence-corrected chi connectivity index (χ2v) is 4.57. The second-order valence-electron chi connectivity index (χ2n) is 3.44. The summed E-state index contributed by atoms with van der Waals surface area (Å²) in [5.41, 5.74) is -0.942. The third-order valence-corrected chi connectivity index (χ3v) is 3.42. The van der Waals surface area contributed by atoms with Crippen LogP contribution in [0.15, 0.2) is 23.6 Å². The maximum absolute atomic E-state index is 13.8. The van der Waals surface area contributed by atoms with Gasteiger partial charge in [-0.2, -0.15) is 13.2 Å². The Morgan fingerprint density at radius 3 is 2.56 bits per heavy atom. The van der Waals surface area contributed by atoms with E-state index >= 15 is 0 Å². The Morgan fingerprint density at radius 2 is 2.00 bits per heavy atom. The van der Waals surface area contributed by atoms with Crippen LogP contribution in [0.4, 0.5) is 17.6 Å². The van der Waals surface area contributed by atoms with Crippen LogP contribution >= 0.6 is 22.9 Å². The topological polar surface area (TPSA) is 12.9 Å². The molecule has 0 saturated heterocycles. The highest BCUT2D eigenvalue weighted by Crippen LogP contribution is 2.36. The van der Waals surface area contributed by atoms with Crippen LogP contribution in [0.3, 0.4) is 0 Å². The number of benzene rings is 1. The lowest BCUT2D eigenvalue weighted by atomic mass is 10.1. The lowest BCUT2D eigenvalue weighted by Crippen LogP contribution is -2.08. The van der Waals surface area contributed by atoms with E-state index in [0.717, 1.165) is 17.4 Å². The number of hydrogen-bond donors (Lipinski definition) is 0. The van der Waals surface area contributed by atoms with E-state index in [9.17, 15) is 17.6 Å². The van der Waals surface area contributed by atoms with Crippen molar-refractivity contribution in [1.82, 2.24) is 4.98 Å². The molecule has 0 aliphatic rings. The first-order valence-corrected chi connectivity index (χ1v) is 6.21. The molecule has 0 saturated carbocycles. The number of alkyl halides is 4. The zero-order valence-corrected chi connectivity index (χ0v) is 10.3. The maximum atomic E-state index is 13.8. The zero-order valence-electron chi connectivity index (χ0n) is 8.76. The van der Waals surface area contributed by atoms with E-state index in [0.29, 0.717) is 11.8 Å². The average molecular weight is 296 g/mol. The molecular weight excluding hydrogens is 290 g/mol. The monoisotopic (exact) mass is 295 g/mol. The summed E-state index contributed by atoms with van der Waals surface area (Å²) in [5, 5.41) is 1.77. The molecule has 0 bridgehead atoms. The van der Waals surface area contributed by atoms with E-state index in [2.05, 4.69) is 4.98 Å². The van der Waals surface area contributed by atoms with Gasteiger partial charge >= 0.3 is 6.18 Å². The van der Waals surface area contributed by atoms with E-state index < -0.39 is 17.6 Å². The minimum Gasteiger partial charge on any atom is -0.240 e. The minimum absolute atomic E-state index is 0.136. The fraction of sp³-hybridized carbons (Fsp3) is 0.182. The van der Waals surface area contributed by atoms with Gasteiger partial charge in [0.25, 0.3) is 0 Å². The second kappa shape index (κ2) is 4.85. The fourth-order valence-corrected chi connectivity index (χ4v) is 2.47. The molecular formula is C11H6ClF4NS. The van der Waals surface area contributed by atoms with E-state index in [4.69, 9.17) is 11.6 Å². The van der Waals surface area contributed by atoms with Gasteiger partial charge in [0.1, 0.15) is 10.8 Å². The summed E-state index contributed by atoms with van der Waals surface area (Å²) < 4.78 is 51.4. The first-order chi connectivity index (χ1) is 8.43. The standard InChI is InChI=1S/C11H6ClF4NS/c12-4-6-5-18-10(17-6)7-2-1-3-8(9(7)13)11(14,15)16/h1-3,5H,4H2. The molecule has 0 radical (unpaired) electrons. The quantitative estimate of drug-likeness (QED) is 0.578. The van der Waals surface area contributed by atoms with Crippen LogP contribution in [0.25, 0.3) is 10.6 Å². The summed E-state index contributed by atoms with van der Waals surface area (Å²) in [6, 6.07) is 3.12. The third kappa shape index (κ3) is 2.49. The van der Waals surface area contributed by atoms with Crippen molar-refractivity contribution >= 4 is 22.9 Å². The maximum Gasteiger partial charge on any atom is 0.419 e. The van der Waals surface area contributed by atoms with Crippen molar-refractivity contribution in [3.05, 3.63) is 40.7 Å². The number of halogens is 5. The third-order valence-electron chi connectivity index (χ3n) is 2.22. The molecule has 18 heavy (non-hydrogen) atoms. The van der Waals surface area contributed by atoms with E-state index in [1.807, 2.05) is 0 Å². The van der Waals surface area contributed by atoms with Gasteiger partial charge in [-0.3, -0.25) is 0 Å². The summed E-state index contributed by atoms with van der Waals surface area (Å²) in [7, 11) is 0. The van der Waals surface area contributed by atoms with Gasteiger partial charge in [0.15, 0.2) is 0 Å². The lowest BCUT2D eigenvalue weighted by molar-refractivity contribution is -0.139. The van der Waals surface area contributed by atoms with Gasteiger partial charge in [0.05, 0.1) is 17.1 Å². The van der Waals surface area contributed by atoms with Crippen molar-refractivity contribution in [1.29, 1.82) is 0 Å². The molecule has 2 aromatic rings. The Labute approximate surface area is 109 Å². The van der Waals surface area contributed by atoms with Crippen LogP contribution < -0.4 is 0 Å². The van der Waals surface area contributed by atoms with Gasteiger partial charge in [-0.05, 0) is 12.1 Å². The van der Waals surface area contributed by atoms with Crippen LogP contribution in [0.5, 0.6) is 0 Å². The van der Waals surface area contributed by atoms with Crippen molar-refractivity contribution < 1.29 is 17.6 Å². The van der Waals surface area contributed by atoms with Gasteiger partial charge in [-0.25, -0.2) is 9.37 Å². The summed E-state index contributed by atoms with van der Waals surface area (Å²) in [4.78, 5) is 3.96. The first-order valence-electron chi connectivity index (χ1n) is 4.80. The Bertz CT molecular complexity index is 564. The molecule has 1 aromatic carbocycles. The lowest BCUT2D eigenvalue weighted by Gasteiger charge is -2.09. The SMILES string of the molecule is Fc1c(-c2nc(CCl)cs2)cccc1C(F)(F)F. The smallest absolute Gasteiger partial charge is 0.240 e. The molecule has 0 amide bonds. The number of thiazole rings is 1. The van der Waals surface area contributed by atoms with Crippen LogP contribution in [-0.4, -0.2) is 4.98 Å². The van der Waals surface area contributed by atoms with Gasteiger partial charge in [-0.15, -0.1) is 22.9 Å². The first kappa shape index (κ1) is 13.3. The summed E-state index contributed by atoms with van der Waals surface area (Å²) >= 11 is 6.60. The highest BCUT2D eigenvalue weighted by Gasteiger charge is 2.35. The molecule has 0 aliphatic heterocycles. The Hall–Kier alpha value is -1.14. The molecule has 0 N–H and O–H groups in total. The summed E-state index contributed by atoms with van der Waals surface area (Å²) in [6.45, 7) is 0. The van der Waals surface area contributed by atoms with Crippen LogP contribution in [0.2, 0.25) is 0 Å². The molecule has 0 atom stereocenters. The van der Waals surface area contributed by atoms with E-state index in [1.54, 1.807) is 5.38 Å².